The average Bonchev–Trinajstić information content (AvgIpc) is 1.63. The molecule has 54 valence electrons. The summed E-state index contributed by atoms with van der Waals surface area (Å²) in [6.45, 7) is 5.79. The lowest BCUT2D eigenvalue weighted by Crippen LogP contribution is -2.11. The van der Waals surface area contributed by atoms with E-state index in [2.05, 4.69) is 0 Å². The summed E-state index contributed by atoms with van der Waals surface area (Å²) >= 11 is 0. The summed E-state index contributed by atoms with van der Waals surface area (Å²) in [6.07, 6.45) is 0.773. The van der Waals surface area contributed by atoms with Gasteiger partial charge in [0.1, 0.15) is 0 Å². The Balaban J connectivity index is 3.50. The second kappa shape index (κ2) is 3.49. The highest BCUT2D eigenvalue weighted by atomic mass is 16.4. The molecule has 0 aliphatic rings. The standard InChI is InChI=1S/C7H14O2/c1-5(2)4-6(3)7(8)9/h5-6H,4H2,1-3H3,(H,8,9)/t6-/m0/s1. The van der Waals surface area contributed by atoms with E-state index in [1.807, 2.05) is 13.8 Å². The average molecular weight is 130 g/mol. The molecule has 0 rings (SSSR count). The Hall–Kier alpha value is -0.530. The first-order valence-corrected chi connectivity index (χ1v) is 3.26. The summed E-state index contributed by atoms with van der Waals surface area (Å²) in [5.74, 6) is -0.398. The molecule has 0 heterocycles. The van der Waals surface area contributed by atoms with Crippen LogP contribution in [0.15, 0.2) is 0 Å². The van der Waals surface area contributed by atoms with Crippen LogP contribution in [-0.2, 0) is 4.79 Å². The first-order valence-electron chi connectivity index (χ1n) is 3.26. The van der Waals surface area contributed by atoms with E-state index in [1.54, 1.807) is 6.92 Å². The third kappa shape index (κ3) is 4.01. The summed E-state index contributed by atoms with van der Waals surface area (Å²) in [5.41, 5.74) is 0. The Labute approximate surface area is 55.9 Å². The van der Waals surface area contributed by atoms with Crippen LogP contribution in [0.3, 0.4) is 0 Å². The molecule has 0 aliphatic carbocycles. The highest BCUT2D eigenvalue weighted by Gasteiger charge is 2.11. The number of hydrogen-bond acceptors (Lipinski definition) is 1. The number of aliphatic carboxylic acids is 1. The molecule has 0 saturated carbocycles. The third-order valence-corrected chi connectivity index (χ3v) is 1.25. The Morgan fingerprint density at radius 2 is 1.89 bits per heavy atom. The molecule has 2 nitrogen and oxygen atoms in total. The van der Waals surface area contributed by atoms with Gasteiger partial charge in [0.05, 0.1) is 5.92 Å². The van der Waals surface area contributed by atoms with Crippen molar-refractivity contribution in [2.45, 2.75) is 27.2 Å². The van der Waals surface area contributed by atoms with Crippen molar-refractivity contribution in [1.82, 2.24) is 0 Å². The zero-order valence-electron chi connectivity index (χ0n) is 6.22. The molecule has 0 aliphatic heterocycles. The number of rotatable bonds is 3. The van der Waals surface area contributed by atoms with Crippen molar-refractivity contribution in [1.29, 1.82) is 0 Å². The van der Waals surface area contributed by atoms with E-state index >= 15 is 0 Å². The highest BCUT2D eigenvalue weighted by Crippen LogP contribution is 2.09. The molecule has 0 aromatic carbocycles. The van der Waals surface area contributed by atoms with Gasteiger partial charge in [-0.25, -0.2) is 0 Å². The van der Waals surface area contributed by atoms with Crippen LogP contribution in [0.1, 0.15) is 27.2 Å². The first-order chi connectivity index (χ1) is 4.04. The minimum atomic E-state index is -0.691. The lowest BCUT2D eigenvalue weighted by atomic mass is 9.99. The van der Waals surface area contributed by atoms with E-state index in [4.69, 9.17) is 5.11 Å². The van der Waals surface area contributed by atoms with Crippen LogP contribution >= 0.6 is 0 Å². The van der Waals surface area contributed by atoms with Crippen molar-refractivity contribution < 1.29 is 9.90 Å². The fraction of sp³-hybridized carbons (Fsp3) is 0.857. The Bertz CT molecular complexity index is 97.1. The van der Waals surface area contributed by atoms with E-state index in [0.717, 1.165) is 6.42 Å². The lowest BCUT2D eigenvalue weighted by molar-refractivity contribution is -0.141. The highest BCUT2D eigenvalue weighted by molar-refractivity contribution is 5.69. The monoisotopic (exact) mass is 130 g/mol. The van der Waals surface area contributed by atoms with Crippen LogP contribution in [0.5, 0.6) is 0 Å². The van der Waals surface area contributed by atoms with Crippen molar-refractivity contribution in [2.75, 3.05) is 0 Å². The second-order valence-corrected chi connectivity index (χ2v) is 2.87. The molecule has 0 saturated heterocycles. The maximum absolute atomic E-state index is 10.2. The Morgan fingerprint density at radius 3 is 2.00 bits per heavy atom. The van der Waals surface area contributed by atoms with Crippen molar-refractivity contribution >= 4 is 5.97 Å². The lowest BCUT2D eigenvalue weighted by Gasteiger charge is -2.07. The quantitative estimate of drug-likeness (QED) is 0.632. The maximum Gasteiger partial charge on any atom is 0.306 e. The van der Waals surface area contributed by atoms with Crippen LogP contribution in [0.4, 0.5) is 0 Å². The molecule has 2 heteroatoms. The van der Waals surface area contributed by atoms with Gasteiger partial charge in [-0.3, -0.25) is 4.79 Å². The normalized spacial score (nSPS) is 13.8. The van der Waals surface area contributed by atoms with Crippen LogP contribution in [0.25, 0.3) is 0 Å². The fourth-order valence-corrected chi connectivity index (χ4v) is 0.808. The third-order valence-electron chi connectivity index (χ3n) is 1.25. The molecule has 0 bridgehead atoms. The molecular weight excluding hydrogens is 116 g/mol. The predicted octanol–water partition coefficient (Wildman–Crippen LogP) is 1.75. The molecule has 0 spiro atoms. The number of hydrogen-bond donors (Lipinski definition) is 1. The van der Waals surface area contributed by atoms with Gasteiger partial charge in [0, 0.05) is 0 Å². The molecule has 0 fully saturated rings. The van der Waals surface area contributed by atoms with Crippen LogP contribution < -0.4 is 0 Å². The molecular formula is C7H14O2. The Kier molecular flexibility index (Phi) is 3.28. The van der Waals surface area contributed by atoms with Crippen molar-refractivity contribution in [3.8, 4) is 0 Å². The molecule has 1 atom stereocenters. The van der Waals surface area contributed by atoms with Gasteiger partial charge >= 0.3 is 5.97 Å². The van der Waals surface area contributed by atoms with Crippen molar-refractivity contribution in [3.63, 3.8) is 0 Å². The number of carboxylic acids is 1. The zero-order chi connectivity index (χ0) is 7.44. The molecule has 1 N–H and O–H groups in total. The van der Waals surface area contributed by atoms with E-state index in [0.29, 0.717) is 5.92 Å². The van der Waals surface area contributed by atoms with Gasteiger partial charge in [-0.2, -0.15) is 0 Å². The van der Waals surface area contributed by atoms with Gasteiger partial charge < -0.3 is 5.11 Å². The minimum absolute atomic E-state index is 0.190. The molecule has 0 radical (unpaired) electrons. The smallest absolute Gasteiger partial charge is 0.306 e. The summed E-state index contributed by atoms with van der Waals surface area (Å²) < 4.78 is 0. The van der Waals surface area contributed by atoms with Crippen LogP contribution in [0, 0.1) is 11.8 Å². The molecule has 0 aromatic rings. The summed E-state index contributed by atoms with van der Waals surface area (Å²) in [7, 11) is 0. The SMILES string of the molecule is CC(C)C[C@H](C)C(=O)O. The minimum Gasteiger partial charge on any atom is -0.481 e. The molecule has 0 amide bonds. The van der Waals surface area contributed by atoms with E-state index in [1.165, 1.54) is 0 Å². The van der Waals surface area contributed by atoms with Gasteiger partial charge in [-0.1, -0.05) is 20.8 Å². The molecule has 0 aromatic heterocycles. The molecule has 0 unspecified atom stereocenters. The van der Waals surface area contributed by atoms with Crippen LogP contribution in [0.2, 0.25) is 0 Å². The van der Waals surface area contributed by atoms with Gasteiger partial charge in [0.15, 0.2) is 0 Å². The van der Waals surface area contributed by atoms with Crippen molar-refractivity contribution in [3.05, 3.63) is 0 Å². The summed E-state index contributed by atoms with van der Waals surface area (Å²) in [6, 6.07) is 0. The zero-order valence-corrected chi connectivity index (χ0v) is 6.22. The molecule has 9 heavy (non-hydrogen) atoms. The first kappa shape index (κ1) is 8.47. The summed E-state index contributed by atoms with van der Waals surface area (Å²) in [5, 5.41) is 8.43. The van der Waals surface area contributed by atoms with E-state index in [-0.39, 0.29) is 5.92 Å². The van der Waals surface area contributed by atoms with Gasteiger partial charge in [0.2, 0.25) is 0 Å². The topological polar surface area (TPSA) is 37.3 Å². The Morgan fingerprint density at radius 1 is 1.44 bits per heavy atom. The van der Waals surface area contributed by atoms with Crippen LogP contribution in [-0.4, -0.2) is 11.1 Å². The second-order valence-electron chi connectivity index (χ2n) is 2.87. The van der Waals surface area contributed by atoms with Crippen molar-refractivity contribution in [2.24, 2.45) is 11.8 Å². The predicted molar refractivity (Wildman–Crippen MR) is 36.3 cm³/mol. The largest absolute Gasteiger partial charge is 0.481 e. The van der Waals surface area contributed by atoms with Gasteiger partial charge in [0.25, 0.3) is 0 Å². The van der Waals surface area contributed by atoms with Gasteiger partial charge in [-0.05, 0) is 12.3 Å². The fourth-order valence-electron chi connectivity index (χ4n) is 0.808. The van der Waals surface area contributed by atoms with E-state index in [9.17, 15) is 4.79 Å². The van der Waals surface area contributed by atoms with Gasteiger partial charge in [-0.15, -0.1) is 0 Å². The summed E-state index contributed by atoms with van der Waals surface area (Å²) in [4.78, 5) is 10.2. The number of carbonyl (C=O) groups is 1. The van der Waals surface area contributed by atoms with E-state index < -0.39 is 5.97 Å². The maximum atomic E-state index is 10.2. The number of carboxylic acid groups (broad SMARTS) is 1.